The fourth-order valence-corrected chi connectivity index (χ4v) is 4.51. The van der Waals surface area contributed by atoms with Gasteiger partial charge in [-0.2, -0.15) is 0 Å². The molecule has 2 heterocycles. The second-order valence-electron chi connectivity index (χ2n) is 9.79. The lowest BCUT2D eigenvalue weighted by Gasteiger charge is -2.58. The molecule has 9 heteroatoms. The molecule has 7 nitrogen and oxygen atoms in total. The maximum atomic E-state index is 14.0. The molecular weight excluding hydrogens is 449 g/mol. The molecule has 1 saturated carbocycles. The average Bonchev–Trinajstić information content (AvgIpc) is 2.64. The van der Waals surface area contributed by atoms with Gasteiger partial charge in [0.1, 0.15) is 22.9 Å². The minimum atomic E-state index is -0.743. The lowest BCUT2D eigenvalue weighted by molar-refractivity contribution is -0.0865. The van der Waals surface area contributed by atoms with Crippen LogP contribution >= 0.6 is 11.6 Å². The number of ether oxygens (including phenoxy) is 1. The molecule has 0 atom stereocenters. The minimum absolute atomic E-state index is 0.0326. The van der Waals surface area contributed by atoms with Crippen molar-refractivity contribution in [3.8, 4) is 0 Å². The largest absolute Gasteiger partial charge is 0.444 e. The van der Waals surface area contributed by atoms with Crippen LogP contribution in [-0.4, -0.2) is 46.4 Å². The molecule has 33 heavy (non-hydrogen) atoms. The third-order valence-corrected chi connectivity index (χ3v) is 6.09. The maximum absolute atomic E-state index is 14.0. The van der Waals surface area contributed by atoms with Gasteiger partial charge in [0.2, 0.25) is 0 Å². The normalized spacial score (nSPS) is 17.2. The zero-order valence-electron chi connectivity index (χ0n) is 18.7. The van der Waals surface area contributed by atoms with E-state index in [2.05, 4.69) is 10.3 Å². The minimum Gasteiger partial charge on any atom is -0.444 e. The molecule has 1 aliphatic heterocycles. The van der Waals surface area contributed by atoms with Crippen molar-refractivity contribution >= 4 is 35.2 Å². The standard InChI is InChI=1S/C24H25ClFN3O4/c1-23(2,3)33-22(32)29-12-24(13-29)10-14(11-24)20(30)18-5-4-6-19(27-18)28-21(31)16-8-7-15(25)9-17(16)26/h4-9,14H,10-13H2,1-3H3,(H,27,28,31). The summed E-state index contributed by atoms with van der Waals surface area (Å²) in [6, 6.07) is 8.52. The Balaban J connectivity index is 1.33. The van der Waals surface area contributed by atoms with Gasteiger partial charge in [-0.25, -0.2) is 14.2 Å². The number of pyridine rings is 1. The Labute approximate surface area is 196 Å². The third kappa shape index (κ3) is 5.00. The zero-order chi connectivity index (χ0) is 24.0. The summed E-state index contributed by atoms with van der Waals surface area (Å²) in [4.78, 5) is 43.3. The molecule has 2 aromatic rings. The van der Waals surface area contributed by atoms with E-state index in [9.17, 15) is 18.8 Å². The molecule has 2 amide bonds. The first kappa shape index (κ1) is 23.2. The van der Waals surface area contributed by atoms with E-state index < -0.39 is 17.3 Å². The SMILES string of the molecule is CC(C)(C)OC(=O)N1CC2(CC(C(=O)c3cccc(NC(=O)c4ccc(Cl)cc4F)n3)C2)C1. The van der Waals surface area contributed by atoms with Crippen LogP contribution in [0.3, 0.4) is 0 Å². The van der Waals surface area contributed by atoms with Crippen molar-refractivity contribution in [1.29, 1.82) is 0 Å². The van der Waals surface area contributed by atoms with Crippen LogP contribution in [0.15, 0.2) is 36.4 Å². The number of anilines is 1. The number of nitrogens with zero attached hydrogens (tertiary/aromatic N) is 2. The third-order valence-electron chi connectivity index (χ3n) is 5.85. The molecule has 2 fully saturated rings. The van der Waals surface area contributed by atoms with Gasteiger partial charge in [-0.3, -0.25) is 9.59 Å². The smallest absolute Gasteiger partial charge is 0.410 e. The van der Waals surface area contributed by atoms with Gasteiger partial charge in [0.15, 0.2) is 5.78 Å². The summed E-state index contributed by atoms with van der Waals surface area (Å²) in [5.74, 6) is -1.55. The van der Waals surface area contributed by atoms with E-state index in [1.165, 1.54) is 18.2 Å². The number of halogens is 2. The predicted octanol–water partition coefficient (Wildman–Crippen LogP) is 4.96. The van der Waals surface area contributed by atoms with Crippen molar-refractivity contribution in [3.63, 3.8) is 0 Å². The number of nitrogens with one attached hydrogen (secondary N) is 1. The van der Waals surface area contributed by atoms with Gasteiger partial charge in [-0.05, 0) is 63.9 Å². The number of ketones is 1. The number of likely N-dealkylation sites (tertiary alicyclic amines) is 1. The number of carbonyl (C=O) groups excluding carboxylic acids is 3. The number of amides is 2. The molecule has 1 saturated heterocycles. The fourth-order valence-electron chi connectivity index (χ4n) is 4.36. The number of aromatic nitrogens is 1. The van der Waals surface area contributed by atoms with Gasteiger partial charge in [0, 0.05) is 29.4 Å². The van der Waals surface area contributed by atoms with Crippen molar-refractivity contribution in [2.24, 2.45) is 11.3 Å². The van der Waals surface area contributed by atoms with E-state index in [0.717, 1.165) is 6.07 Å². The van der Waals surface area contributed by atoms with Crippen LogP contribution in [0.5, 0.6) is 0 Å². The Morgan fingerprint density at radius 3 is 2.52 bits per heavy atom. The Bertz CT molecular complexity index is 1120. The topological polar surface area (TPSA) is 88.6 Å². The molecule has 0 radical (unpaired) electrons. The molecule has 1 spiro atoms. The van der Waals surface area contributed by atoms with E-state index >= 15 is 0 Å². The van der Waals surface area contributed by atoms with Crippen molar-refractivity contribution in [2.45, 2.75) is 39.2 Å². The van der Waals surface area contributed by atoms with Crippen LogP contribution in [0.1, 0.15) is 54.5 Å². The molecular formula is C24H25ClFN3O4. The highest BCUT2D eigenvalue weighted by Gasteiger charge is 2.56. The number of carbonyl (C=O) groups is 3. The van der Waals surface area contributed by atoms with Crippen LogP contribution in [0.25, 0.3) is 0 Å². The molecule has 0 unspecified atom stereocenters. The molecule has 1 aromatic heterocycles. The van der Waals surface area contributed by atoms with Crippen LogP contribution < -0.4 is 5.32 Å². The molecule has 1 aliphatic carbocycles. The van der Waals surface area contributed by atoms with Gasteiger partial charge in [-0.15, -0.1) is 0 Å². The maximum Gasteiger partial charge on any atom is 0.410 e. The zero-order valence-corrected chi connectivity index (χ0v) is 19.4. The van der Waals surface area contributed by atoms with Crippen molar-refractivity contribution in [3.05, 3.63) is 58.5 Å². The second-order valence-corrected chi connectivity index (χ2v) is 10.2. The monoisotopic (exact) mass is 473 g/mol. The van der Waals surface area contributed by atoms with E-state index in [1.807, 2.05) is 20.8 Å². The average molecular weight is 474 g/mol. The van der Waals surface area contributed by atoms with Gasteiger partial charge in [0.05, 0.1) is 5.56 Å². The Kier molecular flexibility index (Phi) is 5.90. The van der Waals surface area contributed by atoms with Crippen molar-refractivity contribution in [2.75, 3.05) is 18.4 Å². The predicted molar refractivity (Wildman–Crippen MR) is 121 cm³/mol. The van der Waals surface area contributed by atoms with E-state index in [4.69, 9.17) is 16.3 Å². The Morgan fingerprint density at radius 2 is 1.88 bits per heavy atom. The quantitative estimate of drug-likeness (QED) is 0.634. The summed E-state index contributed by atoms with van der Waals surface area (Å²) in [7, 11) is 0. The summed E-state index contributed by atoms with van der Waals surface area (Å²) in [5.41, 5.74) is -0.496. The highest BCUT2D eigenvalue weighted by Crippen LogP contribution is 2.53. The number of benzene rings is 1. The summed E-state index contributed by atoms with van der Waals surface area (Å²) in [5, 5.41) is 2.71. The van der Waals surface area contributed by atoms with E-state index in [0.29, 0.717) is 25.9 Å². The van der Waals surface area contributed by atoms with Crippen LogP contribution in [-0.2, 0) is 4.74 Å². The number of rotatable bonds is 4. The lowest BCUT2D eigenvalue weighted by Crippen LogP contribution is -2.65. The summed E-state index contributed by atoms with van der Waals surface area (Å²) in [6.45, 7) is 6.65. The highest BCUT2D eigenvalue weighted by atomic mass is 35.5. The summed E-state index contributed by atoms with van der Waals surface area (Å²) < 4.78 is 19.4. The first-order valence-electron chi connectivity index (χ1n) is 10.7. The highest BCUT2D eigenvalue weighted by molar-refractivity contribution is 6.30. The molecule has 4 rings (SSSR count). The van der Waals surface area contributed by atoms with Crippen molar-refractivity contribution in [1.82, 2.24) is 9.88 Å². The van der Waals surface area contributed by atoms with Gasteiger partial charge in [0.25, 0.3) is 5.91 Å². The molecule has 1 aromatic carbocycles. The summed E-state index contributed by atoms with van der Waals surface area (Å²) >= 11 is 5.72. The van der Waals surface area contributed by atoms with Crippen LogP contribution in [0.2, 0.25) is 5.02 Å². The summed E-state index contributed by atoms with van der Waals surface area (Å²) in [6.07, 6.45) is 1.03. The molecule has 0 bridgehead atoms. The lowest BCUT2D eigenvalue weighted by atomic mass is 9.56. The molecule has 1 N–H and O–H groups in total. The van der Waals surface area contributed by atoms with E-state index in [-0.39, 0.29) is 45.3 Å². The second kappa shape index (κ2) is 8.41. The van der Waals surface area contributed by atoms with E-state index in [1.54, 1.807) is 17.0 Å². The molecule has 2 aliphatic rings. The number of hydrogen-bond donors (Lipinski definition) is 1. The molecule has 174 valence electrons. The Hall–Kier alpha value is -3.00. The van der Waals surface area contributed by atoms with Crippen molar-refractivity contribution < 1.29 is 23.5 Å². The number of Topliss-reactive ketones (excluding diaryl/α,β-unsaturated/α-hetero) is 1. The van der Waals surface area contributed by atoms with Gasteiger partial charge in [-0.1, -0.05) is 17.7 Å². The van der Waals surface area contributed by atoms with Crippen LogP contribution in [0.4, 0.5) is 15.0 Å². The fraction of sp³-hybridized carbons (Fsp3) is 0.417. The number of hydrogen-bond acceptors (Lipinski definition) is 5. The first-order valence-corrected chi connectivity index (χ1v) is 11.1. The first-order chi connectivity index (χ1) is 15.4. The van der Waals surface area contributed by atoms with Crippen LogP contribution in [0, 0.1) is 17.2 Å². The van der Waals surface area contributed by atoms with Gasteiger partial charge >= 0.3 is 6.09 Å². The van der Waals surface area contributed by atoms with Gasteiger partial charge < -0.3 is 15.0 Å². The Morgan fingerprint density at radius 1 is 1.18 bits per heavy atom.